The maximum atomic E-state index is 14.8. The molecule has 1 atom stereocenters. The fourth-order valence-corrected chi connectivity index (χ4v) is 3.88. The summed E-state index contributed by atoms with van der Waals surface area (Å²) in [5.74, 6) is 1.16. The van der Waals surface area contributed by atoms with Gasteiger partial charge in [-0.3, -0.25) is 0 Å². The van der Waals surface area contributed by atoms with Crippen LogP contribution < -0.4 is 14.4 Å². The monoisotopic (exact) mass is 363 g/mol. The second-order valence-corrected chi connectivity index (χ2v) is 6.61. The summed E-state index contributed by atoms with van der Waals surface area (Å²) in [4.78, 5) is 2.26. The molecule has 0 saturated heterocycles. The molecule has 1 unspecified atom stereocenters. The second-order valence-electron chi connectivity index (χ2n) is 6.61. The summed E-state index contributed by atoms with van der Waals surface area (Å²) in [6, 6.07) is 20.9. The van der Waals surface area contributed by atoms with E-state index in [0.29, 0.717) is 17.1 Å². The minimum absolute atomic E-state index is 0.203. The van der Waals surface area contributed by atoms with Gasteiger partial charge >= 0.3 is 0 Å². The molecule has 3 nitrogen and oxygen atoms in total. The molecule has 0 aliphatic carbocycles. The van der Waals surface area contributed by atoms with Gasteiger partial charge in [0.1, 0.15) is 5.82 Å². The molecule has 3 aromatic carbocycles. The molecular formula is C23H22FNO2. The lowest BCUT2D eigenvalue weighted by atomic mass is 9.87. The molecule has 0 fully saturated rings. The maximum absolute atomic E-state index is 14.8. The molecule has 0 radical (unpaired) electrons. The number of methoxy groups -OCH3 is 2. The molecule has 0 bridgehead atoms. The van der Waals surface area contributed by atoms with Crippen molar-refractivity contribution in [2.45, 2.75) is 12.5 Å². The average molecular weight is 363 g/mol. The van der Waals surface area contributed by atoms with Crippen molar-refractivity contribution in [3.05, 3.63) is 89.2 Å². The third kappa shape index (κ3) is 3.12. The molecule has 0 amide bonds. The molecule has 1 heterocycles. The summed E-state index contributed by atoms with van der Waals surface area (Å²) in [6.45, 7) is 0.797. The van der Waals surface area contributed by atoms with Gasteiger partial charge < -0.3 is 14.4 Å². The van der Waals surface area contributed by atoms with E-state index in [1.54, 1.807) is 20.3 Å². The summed E-state index contributed by atoms with van der Waals surface area (Å²) >= 11 is 0. The van der Waals surface area contributed by atoms with Crippen LogP contribution in [0.4, 0.5) is 10.1 Å². The molecule has 1 aliphatic heterocycles. The van der Waals surface area contributed by atoms with Gasteiger partial charge in [-0.05, 0) is 47.9 Å². The molecule has 0 saturated carbocycles. The largest absolute Gasteiger partial charge is 0.493 e. The van der Waals surface area contributed by atoms with Crippen molar-refractivity contribution in [3.8, 4) is 11.5 Å². The van der Waals surface area contributed by atoms with Crippen LogP contribution in [0.5, 0.6) is 11.5 Å². The standard InChI is InChI=1S/C23H22FNO2/c1-26-21-14-16-12-13-25(17-8-4-3-5-9-17)23(19(16)15-22(21)27-2)18-10-6-7-11-20(18)24/h3-11,14-15,23H,12-13H2,1-2H3. The molecule has 0 aromatic heterocycles. The Kier molecular flexibility index (Phi) is 4.71. The highest BCUT2D eigenvalue weighted by molar-refractivity contribution is 5.59. The summed E-state index contributed by atoms with van der Waals surface area (Å²) in [7, 11) is 3.26. The molecular weight excluding hydrogens is 341 g/mol. The number of anilines is 1. The number of ether oxygens (including phenoxy) is 2. The molecule has 0 N–H and O–H groups in total. The highest BCUT2D eigenvalue weighted by Crippen LogP contribution is 2.43. The third-order valence-corrected chi connectivity index (χ3v) is 5.16. The number of halogens is 1. The zero-order chi connectivity index (χ0) is 18.8. The van der Waals surface area contributed by atoms with E-state index in [4.69, 9.17) is 9.47 Å². The second kappa shape index (κ2) is 7.31. The Morgan fingerprint density at radius 2 is 1.52 bits per heavy atom. The minimum atomic E-state index is -0.225. The molecule has 0 spiro atoms. The number of nitrogens with zero attached hydrogens (tertiary/aromatic N) is 1. The van der Waals surface area contributed by atoms with Crippen LogP contribution in [0.1, 0.15) is 22.7 Å². The van der Waals surface area contributed by atoms with Gasteiger partial charge in [-0.15, -0.1) is 0 Å². The van der Waals surface area contributed by atoms with Gasteiger partial charge in [-0.2, -0.15) is 0 Å². The van der Waals surface area contributed by atoms with E-state index < -0.39 is 0 Å². The van der Waals surface area contributed by atoms with Gasteiger partial charge in [-0.1, -0.05) is 36.4 Å². The van der Waals surface area contributed by atoms with Gasteiger partial charge in [0.25, 0.3) is 0 Å². The Bertz CT molecular complexity index is 942. The Morgan fingerprint density at radius 1 is 0.852 bits per heavy atom. The Balaban J connectivity index is 1.92. The topological polar surface area (TPSA) is 21.7 Å². The number of fused-ring (bicyclic) bond motifs is 1. The van der Waals surface area contributed by atoms with Crippen LogP contribution in [-0.4, -0.2) is 20.8 Å². The lowest BCUT2D eigenvalue weighted by molar-refractivity contribution is 0.353. The zero-order valence-electron chi connectivity index (χ0n) is 15.5. The van der Waals surface area contributed by atoms with Gasteiger partial charge in [0.15, 0.2) is 11.5 Å². The van der Waals surface area contributed by atoms with Gasteiger partial charge in [-0.25, -0.2) is 4.39 Å². The molecule has 4 heteroatoms. The first-order valence-corrected chi connectivity index (χ1v) is 9.04. The minimum Gasteiger partial charge on any atom is -0.493 e. The predicted octanol–water partition coefficient (Wildman–Crippen LogP) is 5.00. The number of para-hydroxylation sites is 1. The first kappa shape index (κ1) is 17.4. The van der Waals surface area contributed by atoms with E-state index in [-0.39, 0.29) is 11.9 Å². The first-order valence-electron chi connectivity index (χ1n) is 9.04. The van der Waals surface area contributed by atoms with Crippen molar-refractivity contribution in [2.75, 3.05) is 25.7 Å². The summed E-state index contributed by atoms with van der Waals surface area (Å²) < 4.78 is 25.8. The summed E-state index contributed by atoms with van der Waals surface area (Å²) in [5, 5.41) is 0. The van der Waals surface area contributed by atoms with Crippen LogP contribution in [0.25, 0.3) is 0 Å². The van der Waals surface area contributed by atoms with Crippen molar-refractivity contribution in [1.82, 2.24) is 0 Å². The van der Waals surface area contributed by atoms with E-state index in [1.807, 2.05) is 42.5 Å². The maximum Gasteiger partial charge on any atom is 0.161 e. The normalized spacial score (nSPS) is 16.0. The smallest absolute Gasteiger partial charge is 0.161 e. The van der Waals surface area contributed by atoms with Gasteiger partial charge in [0, 0.05) is 17.8 Å². The van der Waals surface area contributed by atoms with Crippen molar-refractivity contribution in [3.63, 3.8) is 0 Å². The molecule has 3 aromatic rings. The number of hydrogen-bond acceptors (Lipinski definition) is 3. The molecule has 4 rings (SSSR count). The molecule has 138 valence electrons. The van der Waals surface area contributed by atoms with Crippen molar-refractivity contribution in [2.24, 2.45) is 0 Å². The zero-order valence-corrected chi connectivity index (χ0v) is 15.5. The SMILES string of the molecule is COc1cc2c(cc1OC)C(c1ccccc1F)N(c1ccccc1)CC2. The van der Waals surface area contributed by atoms with Crippen LogP contribution in [0.3, 0.4) is 0 Å². The lowest BCUT2D eigenvalue weighted by Crippen LogP contribution is -2.36. The van der Waals surface area contributed by atoms with Gasteiger partial charge in [0.05, 0.1) is 20.3 Å². The summed E-state index contributed by atoms with van der Waals surface area (Å²) in [5.41, 5.74) is 3.95. The van der Waals surface area contributed by atoms with E-state index in [1.165, 1.54) is 6.07 Å². The van der Waals surface area contributed by atoms with Crippen LogP contribution >= 0.6 is 0 Å². The quantitative estimate of drug-likeness (QED) is 0.651. The van der Waals surface area contributed by atoms with Crippen LogP contribution in [0.15, 0.2) is 66.7 Å². The molecule has 27 heavy (non-hydrogen) atoms. The Hall–Kier alpha value is -3.01. The average Bonchev–Trinajstić information content (AvgIpc) is 2.73. The van der Waals surface area contributed by atoms with Crippen molar-refractivity contribution < 1.29 is 13.9 Å². The van der Waals surface area contributed by atoms with Crippen LogP contribution in [0, 0.1) is 5.82 Å². The number of hydrogen-bond donors (Lipinski definition) is 0. The first-order chi connectivity index (χ1) is 13.2. The lowest BCUT2D eigenvalue weighted by Gasteiger charge is -2.40. The van der Waals surface area contributed by atoms with Crippen molar-refractivity contribution in [1.29, 1.82) is 0 Å². The van der Waals surface area contributed by atoms with Crippen LogP contribution in [-0.2, 0) is 6.42 Å². The fourth-order valence-electron chi connectivity index (χ4n) is 3.88. The highest BCUT2D eigenvalue weighted by atomic mass is 19.1. The third-order valence-electron chi connectivity index (χ3n) is 5.16. The Labute approximate surface area is 159 Å². The van der Waals surface area contributed by atoms with Gasteiger partial charge in [0.2, 0.25) is 0 Å². The van der Waals surface area contributed by atoms with E-state index in [2.05, 4.69) is 17.0 Å². The van der Waals surface area contributed by atoms with Crippen molar-refractivity contribution >= 4 is 5.69 Å². The Morgan fingerprint density at radius 3 is 2.22 bits per heavy atom. The predicted molar refractivity (Wildman–Crippen MR) is 105 cm³/mol. The van der Waals surface area contributed by atoms with Crippen LogP contribution in [0.2, 0.25) is 0 Å². The molecule has 1 aliphatic rings. The number of benzene rings is 3. The highest BCUT2D eigenvalue weighted by Gasteiger charge is 2.32. The van der Waals surface area contributed by atoms with E-state index >= 15 is 0 Å². The fraction of sp³-hybridized carbons (Fsp3) is 0.217. The van der Waals surface area contributed by atoms with E-state index in [0.717, 1.165) is 29.8 Å². The summed E-state index contributed by atoms with van der Waals surface area (Å²) in [6.07, 6.45) is 0.857. The van der Waals surface area contributed by atoms with E-state index in [9.17, 15) is 4.39 Å². The number of rotatable bonds is 4.